The minimum Gasteiger partial charge on any atom is -0.391 e. The van der Waals surface area contributed by atoms with E-state index in [0.717, 1.165) is 32.4 Å². The number of aliphatic hydroxyl groups is 1. The van der Waals surface area contributed by atoms with E-state index in [0.29, 0.717) is 6.54 Å². The number of β-amino-alcohol motifs (C(OH)–C–C–N with tert-alkyl or cyclic N) is 1. The minimum absolute atomic E-state index is 0.00838. The normalized spacial score (nSPS) is 33.4. The zero-order chi connectivity index (χ0) is 9.97. The van der Waals surface area contributed by atoms with E-state index in [4.69, 9.17) is 0 Å². The summed E-state index contributed by atoms with van der Waals surface area (Å²) < 4.78 is 0. The molecule has 0 aliphatic carbocycles. The van der Waals surface area contributed by atoms with Crippen LogP contribution < -0.4 is 5.32 Å². The van der Waals surface area contributed by atoms with E-state index in [1.54, 1.807) is 4.90 Å². The Hall–Kier alpha value is -0.610. The predicted octanol–water partition coefficient (Wildman–Crippen LogP) is -0.278. The molecule has 0 unspecified atom stereocenters. The van der Waals surface area contributed by atoms with Crippen molar-refractivity contribution in [2.75, 3.05) is 19.6 Å². The Morgan fingerprint density at radius 3 is 2.79 bits per heavy atom. The van der Waals surface area contributed by atoms with E-state index in [-0.39, 0.29) is 18.1 Å². The lowest BCUT2D eigenvalue weighted by Crippen LogP contribution is -2.48. The second-order valence-electron chi connectivity index (χ2n) is 4.23. The van der Waals surface area contributed by atoms with E-state index in [2.05, 4.69) is 5.32 Å². The molecular weight excluding hydrogens is 180 g/mol. The summed E-state index contributed by atoms with van der Waals surface area (Å²) in [6.07, 6.45) is 3.69. The van der Waals surface area contributed by atoms with Crippen molar-refractivity contribution in [3.05, 3.63) is 0 Å². The van der Waals surface area contributed by atoms with Crippen molar-refractivity contribution < 1.29 is 9.90 Å². The first-order valence-corrected chi connectivity index (χ1v) is 5.47. The highest BCUT2D eigenvalue weighted by atomic mass is 16.3. The summed E-state index contributed by atoms with van der Waals surface area (Å²) in [4.78, 5) is 13.7. The fourth-order valence-electron chi connectivity index (χ4n) is 2.22. The molecule has 2 aliphatic heterocycles. The van der Waals surface area contributed by atoms with Gasteiger partial charge in [0.25, 0.3) is 0 Å². The van der Waals surface area contributed by atoms with E-state index < -0.39 is 0 Å². The Labute approximate surface area is 84.3 Å². The number of nitrogens with zero attached hydrogens (tertiary/aromatic N) is 1. The summed E-state index contributed by atoms with van der Waals surface area (Å²) in [5.74, 6) is 0.182. The summed E-state index contributed by atoms with van der Waals surface area (Å²) >= 11 is 0. The Balaban J connectivity index is 1.87. The van der Waals surface area contributed by atoms with Gasteiger partial charge in [-0.2, -0.15) is 0 Å². The highest BCUT2D eigenvalue weighted by Gasteiger charge is 2.30. The molecule has 0 spiro atoms. The van der Waals surface area contributed by atoms with Crippen LogP contribution in [-0.2, 0) is 4.79 Å². The Bertz CT molecular complexity index is 207. The summed E-state index contributed by atoms with van der Waals surface area (Å²) in [5.41, 5.74) is 0. The van der Waals surface area contributed by atoms with Crippen LogP contribution in [0, 0.1) is 0 Å². The average molecular weight is 198 g/mol. The quantitative estimate of drug-likeness (QED) is 0.609. The van der Waals surface area contributed by atoms with Gasteiger partial charge >= 0.3 is 0 Å². The monoisotopic (exact) mass is 198 g/mol. The van der Waals surface area contributed by atoms with E-state index in [1.165, 1.54) is 6.42 Å². The highest BCUT2D eigenvalue weighted by molar-refractivity contribution is 5.82. The first-order chi connectivity index (χ1) is 6.77. The molecule has 0 bridgehead atoms. The van der Waals surface area contributed by atoms with Gasteiger partial charge in [0.1, 0.15) is 0 Å². The van der Waals surface area contributed by atoms with Gasteiger partial charge in [-0.25, -0.2) is 0 Å². The zero-order valence-electron chi connectivity index (χ0n) is 8.41. The maximum Gasteiger partial charge on any atom is 0.239 e. The SMILES string of the molecule is O=C([C@@H]1CCCCN1)N1CC[C@H](O)C1. The molecular formula is C10H18N2O2. The summed E-state index contributed by atoms with van der Waals surface area (Å²) in [7, 11) is 0. The number of piperidine rings is 1. The van der Waals surface area contributed by atoms with Gasteiger partial charge in [-0.05, 0) is 25.8 Å². The van der Waals surface area contributed by atoms with Gasteiger partial charge in [-0.3, -0.25) is 4.79 Å². The molecule has 0 saturated carbocycles. The molecule has 4 nitrogen and oxygen atoms in total. The molecule has 0 radical (unpaired) electrons. The van der Waals surface area contributed by atoms with Crippen molar-refractivity contribution in [3.63, 3.8) is 0 Å². The van der Waals surface area contributed by atoms with Crippen LogP contribution in [-0.4, -0.2) is 47.7 Å². The van der Waals surface area contributed by atoms with Gasteiger partial charge in [0.15, 0.2) is 0 Å². The number of aliphatic hydroxyl groups excluding tert-OH is 1. The molecule has 2 saturated heterocycles. The Morgan fingerprint density at radius 2 is 2.21 bits per heavy atom. The van der Waals surface area contributed by atoms with Gasteiger partial charge in [-0.15, -0.1) is 0 Å². The van der Waals surface area contributed by atoms with Crippen molar-refractivity contribution in [2.45, 2.75) is 37.8 Å². The third-order valence-corrected chi connectivity index (χ3v) is 3.08. The number of likely N-dealkylation sites (tertiary alicyclic amines) is 1. The van der Waals surface area contributed by atoms with Crippen molar-refractivity contribution in [1.82, 2.24) is 10.2 Å². The van der Waals surface area contributed by atoms with Gasteiger partial charge < -0.3 is 15.3 Å². The minimum atomic E-state index is -0.303. The molecule has 2 fully saturated rings. The highest BCUT2D eigenvalue weighted by Crippen LogP contribution is 2.14. The maximum atomic E-state index is 11.9. The van der Waals surface area contributed by atoms with Gasteiger partial charge in [0.2, 0.25) is 5.91 Å². The first-order valence-electron chi connectivity index (χ1n) is 5.47. The molecule has 80 valence electrons. The van der Waals surface area contributed by atoms with Crippen LogP contribution in [0.15, 0.2) is 0 Å². The third kappa shape index (κ3) is 2.07. The first kappa shape index (κ1) is 9.93. The summed E-state index contributed by atoms with van der Waals surface area (Å²) in [6, 6.07) is 0.00838. The van der Waals surface area contributed by atoms with Gasteiger partial charge in [0.05, 0.1) is 12.1 Å². The topological polar surface area (TPSA) is 52.6 Å². The second-order valence-corrected chi connectivity index (χ2v) is 4.23. The Kier molecular flexibility index (Phi) is 3.03. The van der Waals surface area contributed by atoms with Crippen LogP contribution in [0.3, 0.4) is 0 Å². The number of hydrogen-bond acceptors (Lipinski definition) is 3. The van der Waals surface area contributed by atoms with Crippen molar-refractivity contribution in [3.8, 4) is 0 Å². The summed E-state index contributed by atoms with van der Waals surface area (Å²) in [6.45, 7) is 2.20. The lowest BCUT2D eigenvalue weighted by atomic mass is 10.0. The van der Waals surface area contributed by atoms with Crippen LogP contribution >= 0.6 is 0 Å². The maximum absolute atomic E-state index is 11.9. The zero-order valence-corrected chi connectivity index (χ0v) is 8.41. The molecule has 2 heterocycles. The number of carbonyl (C=O) groups excluding carboxylic acids is 1. The standard InChI is InChI=1S/C10H18N2O2/c13-8-4-6-12(7-8)10(14)9-3-1-2-5-11-9/h8-9,11,13H,1-7H2/t8-,9-/m0/s1. The molecule has 2 rings (SSSR count). The second kappa shape index (κ2) is 4.28. The number of carbonyl (C=O) groups is 1. The molecule has 2 atom stereocenters. The molecule has 1 amide bonds. The largest absolute Gasteiger partial charge is 0.391 e. The number of nitrogens with one attached hydrogen (secondary N) is 1. The van der Waals surface area contributed by atoms with Crippen molar-refractivity contribution in [1.29, 1.82) is 0 Å². The van der Waals surface area contributed by atoms with Crippen LogP contribution in [0.5, 0.6) is 0 Å². The van der Waals surface area contributed by atoms with Crippen LogP contribution in [0.25, 0.3) is 0 Å². The van der Waals surface area contributed by atoms with Crippen LogP contribution in [0.2, 0.25) is 0 Å². The number of hydrogen-bond donors (Lipinski definition) is 2. The molecule has 0 aromatic heterocycles. The van der Waals surface area contributed by atoms with E-state index >= 15 is 0 Å². The van der Waals surface area contributed by atoms with E-state index in [1.807, 2.05) is 0 Å². The van der Waals surface area contributed by atoms with Crippen LogP contribution in [0.1, 0.15) is 25.7 Å². The molecule has 2 aliphatic rings. The van der Waals surface area contributed by atoms with Crippen molar-refractivity contribution >= 4 is 5.91 Å². The third-order valence-electron chi connectivity index (χ3n) is 3.08. The fourth-order valence-corrected chi connectivity index (χ4v) is 2.22. The van der Waals surface area contributed by atoms with E-state index in [9.17, 15) is 9.90 Å². The fraction of sp³-hybridized carbons (Fsp3) is 0.900. The van der Waals surface area contributed by atoms with Gasteiger partial charge in [0, 0.05) is 13.1 Å². The lowest BCUT2D eigenvalue weighted by molar-refractivity contribution is -0.133. The molecule has 4 heteroatoms. The lowest BCUT2D eigenvalue weighted by Gasteiger charge is -2.27. The van der Waals surface area contributed by atoms with Crippen molar-refractivity contribution in [2.24, 2.45) is 0 Å². The number of rotatable bonds is 1. The Morgan fingerprint density at radius 1 is 1.36 bits per heavy atom. The number of amides is 1. The molecule has 0 aromatic rings. The van der Waals surface area contributed by atoms with Gasteiger partial charge in [-0.1, -0.05) is 6.42 Å². The molecule has 0 aromatic carbocycles. The summed E-state index contributed by atoms with van der Waals surface area (Å²) in [5, 5.41) is 12.6. The smallest absolute Gasteiger partial charge is 0.239 e. The average Bonchev–Trinajstić information content (AvgIpc) is 2.65. The molecule has 2 N–H and O–H groups in total. The molecule has 14 heavy (non-hydrogen) atoms. The predicted molar refractivity (Wildman–Crippen MR) is 52.8 cm³/mol. The van der Waals surface area contributed by atoms with Crippen LogP contribution in [0.4, 0.5) is 0 Å².